The largest absolute Gasteiger partial charge is 0.303 e. The number of allylic oxidation sites excluding steroid dienone is 2. The van der Waals surface area contributed by atoms with Crippen LogP contribution in [0.1, 0.15) is 92.4 Å². The Hall–Kier alpha value is -0.920. The summed E-state index contributed by atoms with van der Waals surface area (Å²) in [6.45, 7) is 10.8. The molecule has 22 heavy (non-hydrogen) atoms. The van der Waals surface area contributed by atoms with E-state index >= 15 is 0 Å². The van der Waals surface area contributed by atoms with Crippen molar-refractivity contribution in [1.82, 2.24) is 0 Å². The molecule has 2 heteroatoms. The lowest BCUT2D eigenvalue weighted by molar-refractivity contribution is -0.109. The van der Waals surface area contributed by atoms with Gasteiger partial charge in [0.05, 0.1) is 0 Å². The maximum absolute atomic E-state index is 10.1. The van der Waals surface area contributed by atoms with Crippen molar-refractivity contribution in [2.45, 2.75) is 92.4 Å². The molecule has 1 unspecified atom stereocenters. The van der Waals surface area contributed by atoms with Gasteiger partial charge in [-0.3, -0.25) is 0 Å². The Balaban J connectivity index is 0. The maximum atomic E-state index is 10.1. The number of carbonyl (C=O) groups excluding carboxylic acids is 2. The topological polar surface area (TPSA) is 34.1 Å². The van der Waals surface area contributed by atoms with E-state index in [1.807, 2.05) is 0 Å². The highest BCUT2D eigenvalue weighted by Gasteiger charge is 2.14. The molecule has 0 aliphatic carbocycles. The minimum absolute atomic E-state index is 0.364. The van der Waals surface area contributed by atoms with Crippen LogP contribution in [0.2, 0.25) is 0 Å². The van der Waals surface area contributed by atoms with Crippen LogP contribution < -0.4 is 0 Å². The van der Waals surface area contributed by atoms with Gasteiger partial charge in [0, 0.05) is 12.8 Å². The Morgan fingerprint density at radius 3 is 1.86 bits per heavy atom. The Bertz CT molecular complexity index is 274. The van der Waals surface area contributed by atoms with E-state index in [4.69, 9.17) is 0 Å². The molecule has 2 nitrogen and oxygen atoms in total. The lowest BCUT2D eigenvalue weighted by atomic mass is 9.84. The van der Waals surface area contributed by atoms with E-state index in [-0.39, 0.29) is 0 Å². The van der Waals surface area contributed by atoms with E-state index in [0.717, 1.165) is 31.8 Å². The number of rotatable bonds is 11. The average Bonchev–Trinajstić information content (AvgIpc) is 2.41. The van der Waals surface area contributed by atoms with Crippen molar-refractivity contribution in [3.63, 3.8) is 0 Å². The SMILES string of the molecule is CC(CC=O)CC(C)(C)C.CC=CCCCCCCCC=O. The van der Waals surface area contributed by atoms with Crippen molar-refractivity contribution >= 4 is 12.6 Å². The third kappa shape index (κ3) is 24.1. The lowest BCUT2D eigenvalue weighted by Crippen LogP contribution is -2.11. The number of unbranched alkanes of at least 4 members (excludes halogenated alkanes) is 6. The fraction of sp³-hybridized carbons (Fsp3) is 0.800. The molecule has 0 heterocycles. The van der Waals surface area contributed by atoms with Crippen LogP contribution in [-0.2, 0) is 9.59 Å². The molecule has 0 aliphatic rings. The average molecular weight is 311 g/mol. The van der Waals surface area contributed by atoms with Gasteiger partial charge in [0.1, 0.15) is 12.6 Å². The lowest BCUT2D eigenvalue weighted by Gasteiger charge is -2.21. The van der Waals surface area contributed by atoms with Gasteiger partial charge >= 0.3 is 0 Å². The summed E-state index contributed by atoms with van der Waals surface area (Å²) in [5.41, 5.74) is 0.364. The van der Waals surface area contributed by atoms with Gasteiger partial charge in [-0.05, 0) is 43.9 Å². The van der Waals surface area contributed by atoms with Gasteiger partial charge in [-0.15, -0.1) is 0 Å². The van der Waals surface area contributed by atoms with E-state index in [0.29, 0.717) is 17.8 Å². The fourth-order valence-electron chi connectivity index (χ4n) is 2.48. The summed E-state index contributed by atoms with van der Waals surface area (Å²) >= 11 is 0. The first-order valence-electron chi connectivity index (χ1n) is 8.85. The minimum atomic E-state index is 0.364. The third-order valence-corrected chi connectivity index (χ3v) is 3.39. The number of hydrogen-bond donors (Lipinski definition) is 0. The zero-order valence-corrected chi connectivity index (χ0v) is 15.6. The molecule has 0 aromatic rings. The highest BCUT2D eigenvalue weighted by molar-refractivity contribution is 5.49. The molecule has 130 valence electrons. The van der Waals surface area contributed by atoms with Crippen LogP contribution in [0, 0.1) is 11.3 Å². The van der Waals surface area contributed by atoms with Crippen LogP contribution in [0.15, 0.2) is 12.2 Å². The Morgan fingerprint density at radius 1 is 0.864 bits per heavy atom. The predicted octanol–water partition coefficient (Wildman–Crippen LogP) is 6.14. The van der Waals surface area contributed by atoms with Crippen LogP contribution in [0.4, 0.5) is 0 Å². The molecule has 0 saturated carbocycles. The van der Waals surface area contributed by atoms with Gasteiger partial charge in [0.25, 0.3) is 0 Å². The zero-order valence-electron chi connectivity index (χ0n) is 15.6. The molecule has 1 atom stereocenters. The van der Waals surface area contributed by atoms with Crippen LogP contribution in [0.5, 0.6) is 0 Å². The smallest absolute Gasteiger partial charge is 0.120 e. The van der Waals surface area contributed by atoms with E-state index in [9.17, 15) is 9.59 Å². The Kier molecular flexibility index (Phi) is 17.5. The summed E-state index contributed by atoms with van der Waals surface area (Å²) in [6, 6.07) is 0. The summed E-state index contributed by atoms with van der Waals surface area (Å²) in [7, 11) is 0. The van der Waals surface area contributed by atoms with Crippen LogP contribution in [-0.4, -0.2) is 12.6 Å². The van der Waals surface area contributed by atoms with Gasteiger partial charge in [-0.25, -0.2) is 0 Å². The highest BCUT2D eigenvalue weighted by atomic mass is 16.1. The Morgan fingerprint density at radius 2 is 1.41 bits per heavy atom. The molecule has 0 fully saturated rings. The summed E-state index contributed by atoms with van der Waals surface area (Å²) in [5.74, 6) is 0.539. The second kappa shape index (κ2) is 16.5. The van der Waals surface area contributed by atoms with Crippen molar-refractivity contribution in [2.75, 3.05) is 0 Å². The standard InChI is InChI=1S/C11H20O.C9H18O/c1-2-3-4-5-6-7-8-9-10-11-12;1-8(5-6-10)7-9(2,3)4/h2-3,11H,4-10H2,1H3;6,8H,5,7H2,1-4H3. The summed E-state index contributed by atoms with van der Waals surface area (Å²) in [6.07, 6.45) is 16.3. The molecule has 0 N–H and O–H groups in total. The van der Waals surface area contributed by atoms with Gasteiger partial charge in [-0.1, -0.05) is 59.1 Å². The van der Waals surface area contributed by atoms with Crippen LogP contribution in [0.3, 0.4) is 0 Å². The first-order chi connectivity index (χ1) is 10.4. The number of hydrogen-bond acceptors (Lipinski definition) is 2. The van der Waals surface area contributed by atoms with Gasteiger partial charge in [-0.2, -0.15) is 0 Å². The number of carbonyl (C=O) groups is 2. The Labute approximate surface area is 138 Å². The van der Waals surface area contributed by atoms with E-state index in [1.165, 1.54) is 32.1 Å². The molecule has 0 aromatic heterocycles. The molecule has 0 radical (unpaired) electrons. The second-order valence-electron chi connectivity index (χ2n) is 7.35. The molecule has 0 spiro atoms. The van der Waals surface area contributed by atoms with E-state index in [2.05, 4.69) is 46.8 Å². The van der Waals surface area contributed by atoms with Crippen molar-refractivity contribution < 1.29 is 9.59 Å². The summed E-state index contributed by atoms with van der Waals surface area (Å²) < 4.78 is 0. The molecule has 0 saturated heterocycles. The predicted molar refractivity (Wildman–Crippen MR) is 97.1 cm³/mol. The first kappa shape index (κ1) is 23.3. The third-order valence-electron chi connectivity index (χ3n) is 3.39. The van der Waals surface area contributed by atoms with Gasteiger partial charge in [0.15, 0.2) is 0 Å². The highest BCUT2D eigenvalue weighted by Crippen LogP contribution is 2.25. The van der Waals surface area contributed by atoms with Crippen LogP contribution >= 0.6 is 0 Å². The molecule has 0 aromatic carbocycles. The summed E-state index contributed by atoms with van der Waals surface area (Å²) in [5, 5.41) is 0. The molecule has 0 rings (SSSR count). The molecular weight excluding hydrogens is 272 g/mol. The van der Waals surface area contributed by atoms with E-state index < -0.39 is 0 Å². The minimum Gasteiger partial charge on any atom is -0.303 e. The molecular formula is C20H38O2. The normalized spacial score (nSPS) is 12.6. The van der Waals surface area contributed by atoms with Crippen molar-refractivity contribution in [3.05, 3.63) is 12.2 Å². The summed E-state index contributed by atoms with van der Waals surface area (Å²) in [4.78, 5) is 20.1. The van der Waals surface area contributed by atoms with Crippen LogP contribution in [0.25, 0.3) is 0 Å². The van der Waals surface area contributed by atoms with Crippen molar-refractivity contribution in [3.8, 4) is 0 Å². The molecule has 0 bridgehead atoms. The van der Waals surface area contributed by atoms with E-state index in [1.54, 1.807) is 0 Å². The monoisotopic (exact) mass is 310 g/mol. The quantitative estimate of drug-likeness (QED) is 0.261. The van der Waals surface area contributed by atoms with Crippen molar-refractivity contribution in [1.29, 1.82) is 0 Å². The number of aldehydes is 2. The van der Waals surface area contributed by atoms with Gasteiger partial charge < -0.3 is 9.59 Å². The molecule has 0 aliphatic heterocycles. The maximum Gasteiger partial charge on any atom is 0.120 e. The first-order valence-corrected chi connectivity index (χ1v) is 8.85. The second-order valence-corrected chi connectivity index (χ2v) is 7.35. The fourth-order valence-corrected chi connectivity index (χ4v) is 2.48. The molecule has 0 amide bonds. The van der Waals surface area contributed by atoms with Gasteiger partial charge in [0.2, 0.25) is 0 Å². The zero-order chi connectivity index (χ0) is 17.3. The van der Waals surface area contributed by atoms with Crippen molar-refractivity contribution in [2.24, 2.45) is 11.3 Å².